The van der Waals surface area contributed by atoms with Crippen LogP contribution in [0.5, 0.6) is 0 Å². The second-order valence-corrected chi connectivity index (χ2v) is 11.9. The van der Waals surface area contributed by atoms with Crippen molar-refractivity contribution in [2.75, 3.05) is 18.5 Å². The molecule has 2 heterocycles. The van der Waals surface area contributed by atoms with E-state index in [0.717, 1.165) is 48.3 Å². The first kappa shape index (κ1) is 20.9. The lowest BCUT2D eigenvalue weighted by Gasteiger charge is -2.35. The second kappa shape index (κ2) is 7.88. The maximum Gasteiger partial charge on any atom is 0.331 e. The third kappa shape index (κ3) is 4.00. The van der Waals surface area contributed by atoms with Gasteiger partial charge >= 0.3 is 6.03 Å². The highest BCUT2D eigenvalue weighted by Crippen LogP contribution is 2.38. The van der Waals surface area contributed by atoms with Crippen LogP contribution in [0.15, 0.2) is 28.5 Å². The topological polar surface area (TPSA) is 112 Å². The highest BCUT2D eigenvalue weighted by Gasteiger charge is 2.40. The summed E-state index contributed by atoms with van der Waals surface area (Å²) in [7, 11) is -3.54. The van der Waals surface area contributed by atoms with Crippen molar-refractivity contribution in [1.29, 1.82) is 4.78 Å². The van der Waals surface area contributed by atoms with Gasteiger partial charge in [0.15, 0.2) is 9.92 Å². The molecular formula is C22H27N3O4S2. The number of carbonyl (C=O) groups excluding carboxylic acids is 1. The number of ether oxygens (including phenoxy) is 1. The van der Waals surface area contributed by atoms with Crippen molar-refractivity contribution < 1.29 is 18.8 Å². The Morgan fingerprint density at radius 2 is 2.03 bits per heavy atom. The fourth-order valence-electron chi connectivity index (χ4n) is 4.53. The summed E-state index contributed by atoms with van der Waals surface area (Å²) in [6.07, 6.45) is 7.66. The largest absolute Gasteiger partial charge is 0.379 e. The lowest BCUT2D eigenvalue weighted by Crippen LogP contribution is -2.45. The highest BCUT2D eigenvalue weighted by atomic mass is 32.2. The smallest absolute Gasteiger partial charge is 0.331 e. The van der Waals surface area contributed by atoms with Crippen molar-refractivity contribution in [3.05, 3.63) is 45.8 Å². The van der Waals surface area contributed by atoms with Gasteiger partial charge in [0.05, 0.1) is 13.2 Å². The van der Waals surface area contributed by atoms with Crippen LogP contribution in [0.2, 0.25) is 0 Å². The Morgan fingerprint density at radius 3 is 2.71 bits per heavy atom. The Hall–Kier alpha value is -1.94. The van der Waals surface area contributed by atoms with Gasteiger partial charge in [-0.2, -0.15) is 0 Å². The van der Waals surface area contributed by atoms with Crippen LogP contribution in [-0.2, 0) is 39.5 Å². The molecule has 1 aromatic carbocycles. The van der Waals surface area contributed by atoms with Gasteiger partial charge in [-0.25, -0.2) is 18.5 Å². The van der Waals surface area contributed by atoms with E-state index in [9.17, 15) is 14.1 Å². The Bertz CT molecular complexity index is 1120. The molecule has 2 fully saturated rings. The number of thiophene rings is 1. The van der Waals surface area contributed by atoms with Gasteiger partial charge in [-0.3, -0.25) is 0 Å². The van der Waals surface area contributed by atoms with E-state index in [4.69, 9.17) is 9.52 Å². The number of urea groups is 1. The summed E-state index contributed by atoms with van der Waals surface area (Å²) < 4.78 is 28.9. The molecule has 0 bridgehead atoms. The number of hydrogen-bond donors (Lipinski definition) is 4. The molecule has 2 amide bonds. The van der Waals surface area contributed by atoms with Gasteiger partial charge in [-0.15, -0.1) is 11.3 Å². The Kier molecular flexibility index (Phi) is 5.32. The molecule has 0 radical (unpaired) electrons. The van der Waals surface area contributed by atoms with Crippen molar-refractivity contribution in [1.82, 2.24) is 4.72 Å². The molecular weight excluding hydrogens is 434 g/mol. The standard InChI is InChI=1S/C22H27N3O4S2/c23-31(28,19-10-9-18(30-19)22(27)12-29-13-22)25-21(26)24-20-16(11-14-3-1-4-14)8-7-15-5-2-6-17(15)20/h7-10,14,27H,1-6,11-13H2,(H3,23,24,25,26,28)/t31-/m1/s1. The summed E-state index contributed by atoms with van der Waals surface area (Å²) in [6.45, 7) is 0.367. The van der Waals surface area contributed by atoms with E-state index in [0.29, 0.717) is 10.8 Å². The van der Waals surface area contributed by atoms with Gasteiger partial charge in [-0.05, 0) is 60.4 Å². The number of hydrogen-bond acceptors (Lipinski definition) is 6. The van der Waals surface area contributed by atoms with Gasteiger partial charge in [0, 0.05) is 10.6 Å². The molecule has 1 saturated heterocycles. The van der Waals surface area contributed by atoms with Gasteiger partial charge in [0.25, 0.3) is 0 Å². The van der Waals surface area contributed by atoms with Crippen LogP contribution in [-0.4, -0.2) is 28.6 Å². The summed E-state index contributed by atoms with van der Waals surface area (Å²) in [4.78, 5) is 13.4. The predicted octanol–water partition coefficient (Wildman–Crippen LogP) is 3.94. The zero-order valence-electron chi connectivity index (χ0n) is 17.2. The molecule has 1 saturated carbocycles. The summed E-state index contributed by atoms with van der Waals surface area (Å²) in [5.41, 5.74) is 3.32. The summed E-state index contributed by atoms with van der Waals surface area (Å²) in [5, 5.41) is 13.3. The summed E-state index contributed by atoms with van der Waals surface area (Å²) >= 11 is 1.08. The van der Waals surface area contributed by atoms with Crippen LogP contribution in [0.4, 0.5) is 10.5 Å². The van der Waals surface area contributed by atoms with Gasteiger partial charge in [0.1, 0.15) is 9.81 Å². The minimum absolute atomic E-state index is 0.183. The van der Waals surface area contributed by atoms with Crippen molar-refractivity contribution >= 4 is 33.0 Å². The van der Waals surface area contributed by atoms with Crippen LogP contribution in [0, 0.1) is 10.7 Å². The van der Waals surface area contributed by atoms with Gasteiger partial charge < -0.3 is 15.2 Å². The summed E-state index contributed by atoms with van der Waals surface area (Å²) in [5.74, 6) is 0.661. The Balaban J connectivity index is 1.34. The quantitative estimate of drug-likeness (QED) is 0.522. The normalized spacial score (nSPS) is 21.5. The first-order chi connectivity index (χ1) is 14.8. The Labute approximate surface area is 186 Å². The third-order valence-corrected chi connectivity index (χ3v) is 9.79. The molecule has 166 valence electrons. The maximum absolute atomic E-state index is 13.0. The van der Waals surface area contributed by atoms with E-state index in [1.807, 2.05) is 0 Å². The molecule has 1 aliphatic heterocycles. The highest BCUT2D eigenvalue weighted by molar-refractivity contribution is 7.93. The molecule has 0 unspecified atom stereocenters. The van der Waals surface area contributed by atoms with Crippen molar-refractivity contribution in [3.8, 4) is 0 Å². The van der Waals surface area contributed by atoms with Crippen LogP contribution < -0.4 is 10.0 Å². The second-order valence-electron chi connectivity index (χ2n) is 8.85. The molecule has 31 heavy (non-hydrogen) atoms. The molecule has 5 rings (SSSR count). The number of anilines is 1. The number of rotatable bonds is 6. The van der Waals surface area contributed by atoms with Gasteiger partial charge in [0.2, 0.25) is 0 Å². The molecule has 2 aliphatic carbocycles. The van der Waals surface area contributed by atoms with E-state index in [2.05, 4.69) is 22.2 Å². The fraction of sp³-hybridized carbons (Fsp3) is 0.500. The molecule has 2 aromatic rings. The summed E-state index contributed by atoms with van der Waals surface area (Å²) in [6, 6.07) is 6.85. The SMILES string of the molecule is N=[S@@](=O)(NC(=O)Nc1c(CC2CCC2)ccc2c1CCC2)c1ccc(C2(O)COC2)s1. The minimum Gasteiger partial charge on any atom is -0.379 e. The number of aliphatic hydroxyl groups is 1. The van der Waals surface area contributed by atoms with Crippen LogP contribution in [0.25, 0.3) is 0 Å². The first-order valence-corrected chi connectivity index (χ1v) is 13.1. The molecule has 1 atom stereocenters. The van der Waals surface area contributed by atoms with Crippen LogP contribution in [0.1, 0.15) is 47.3 Å². The number of carbonyl (C=O) groups is 1. The zero-order chi connectivity index (χ0) is 21.6. The molecule has 3 aliphatic rings. The third-order valence-electron chi connectivity index (χ3n) is 6.58. The number of amides is 2. The number of benzene rings is 1. The minimum atomic E-state index is -3.54. The number of nitrogens with one attached hydrogen (secondary N) is 3. The number of fused-ring (bicyclic) bond motifs is 1. The molecule has 0 spiro atoms. The molecule has 4 N–H and O–H groups in total. The Morgan fingerprint density at radius 1 is 1.23 bits per heavy atom. The van der Waals surface area contributed by atoms with E-state index in [-0.39, 0.29) is 17.4 Å². The van der Waals surface area contributed by atoms with Crippen LogP contribution in [0.3, 0.4) is 0 Å². The lowest BCUT2D eigenvalue weighted by molar-refractivity contribution is -0.182. The van der Waals surface area contributed by atoms with Crippen molar-refractivity contribution in [3.63, 3.8) is 0 Å². The van der Waals surface area contributed by atoms with Crippen molar-refractivity contribution in [2.45, 2.75) is 54.8 Å². The zero-order valence-corrected chi connectivity index (χ0v) is 18.9. The van der Waals surface area contributed by atoms with Crippen molar-refractivity contribution in [2.24, 2.45) is 5.92 Å². The van der Waals surface area contributed by atoms with E-state index in [1.54, 1.807) is 6.07 Å². The number of aryl methyl sites for hydroxylation is 1. The van der Waals surface area contributed by atoms with E-state index >= 15 is 0 Å². The lowest BCUT2D eigenvalue weighted by atomic mass is 9.80. The predicted molar refractivity (Wildman–Crippen MR) is 120 cm³/mol. The fourth-order valence-corrected chi connectivity index (χ4v) is 6.86. The maximum atomic E-state index is 13.0. The molecule has 1 aromatic heterocycles. The first-order valence-electron chi connectivity index (χ1n) is 10.8. The molecule has 7 nitrogen and oxygen atoms in total. The van der Waals surface area contributed by atoms with Gasteiger partial charge in [-0.1, -0.05) is 31.4 Å². The average Bonchev–Trinajstić information content (AvgIpc) is 3.33. The average molecular weight is 462 g/mol. The van der Waals surface area contributed by atoms with Crippen LogP contribution >= 0.6 is 11.3 Å². The van der Waals surface area contributed by atoms with E-state index < -0.39 is 21.5 Å². The van der Waals surface area contributed by atoms with E-state index in [1.165, 1.54) is 36.5 Å². The molecule has 9 heteroatoms. The monoisotopic (exact) mass is 461 g/mol.